The van der Waals surface area contributed by atoms with E-state index < -0.39 is 10.6 Å². The minimum Gasteiger partial charge on any atom is -1.00 e. The van der Waals surface area contributed by atoms with Crippen molar-refractivity contribution >= 4 is 11.6 Å². The van der Waals surface area contributed by atoms with Crippen molar-refractivity contribution in [1.82, 2.24) is 4.98 Å². The van der Waals surface area contributed by atoms with Crippen LogP contribution in [0.5, 0.6) is 0 Å². The van der Waals surface area contributed by atoms with Gasteiger partial charge in [-0.1, -0.05) is 56.9 Å². The number of aliphatic hydroxyl groups is 1. The van der Waals surface area contributed by atoms with Gasteiger partial charge < -0.3 is 22.1 Å². The highest BCUT2D eigenvalue weighted by molar-refractivity contribution is 5.41. The Morgan fingerprint density at radius 2 is 1.77 bits per heavy atom. The summed E-state index contributed by atoms with van der Waals surface area (Å²) in [7, 11) is 0. The average Bonchev–Trinajstić information content (AvgIpc) is 3.02. The molecule has 7 nitrogen and oxygen atoms in total. The fourth-order valence-electron chi connectivity index (χ4n) is 4.02. The van der Waals surface area contributed by atoms with Gasteiger partial charge in [-0.3, -0.25) is 10.1 Å². The number of nitro benzene ring substituents is 1. The number of fused-ring (bicyclic) bond motifs is 1. The third-order valence-corrected chi connectivity index (χ3v) is 5.65. The van der Waals surface area contributed by atoms with Crippen LogP contribution in [0, 0.1) is 10.1 Å². The molecule has 3 rings (SSSR count). The van der Waals surface area contributed by atoms with Crippen LogP contribution in [0.25, 0.3) is 0 Å². The zero-order valence-corrected chi connectivity index (χ0v) is 19.1. The summed E-state index contributed by atoms with van der Waals surface area (Å²) in [6.45, 7) is 3.27. The maximum atomic E-state index is 11.6. The van der Waals surface area contributed by atoms with Crippen molar-refractivity contribution in [3.8, 4) is 0 Å². The molecule has 2 heterocycles. The van der Waals surface area contributed by atoms with E-state index in [-0.39, 0.29) is 22.7 Å². The van der Waals surface area contributed by atoms with Gasteiger partial charge in [0.05, 0.1) is 17.7 Å². The number of non-ortho nitro benzene ring substituents is 1. The third kappa shape index (κ3) is 5.55. The molecule has 0 saturated heterocycles. The Kier molecular flexibility index (Phi) is 9.17. The molecule has 0 bridgehead atoms. The predicted molar refractivity (Wildman–Crippen MR) is 111 cm³/mol. The van der Waals surface area contributed by atoms with Crippen LogP contribution >= 0.6 is 0 Å². The van der Waals surface area contributed by atoms with Gasteiger partial charge in [0.15, 0.2) is 0 Å². The van der Waals surface area contributed by atoms with Gasteiger partial charge in [0.2, 0.25) is 5.72 Å². The molecule has 1 aliphatic heterocycles. The summed E-state index contributed by atoms with van der Waals surface area (Å²) in [6, 6.07) is 8.03. The topological polar surface area (TPSA) is 83.4 Å². The second-order valence-electron chi connectivity index (χ2n) is 7.79. The van der Waals surface area contributed by atoms with Crippen molar-refractivity contribution in [3.05, 3.63) is 58.4 Å². The molecule has 0 saturated carbocycles. The summed E-state index contributed by atoms with van der Waals surface area (Å²) in [5.41, 5.74) is -0.584. The van der Waals surface area contributed by atoms with Gasteiger partial charge in [0.25, 0.3) is 5.69 Å². The highest BCUT2D eigenvalue weighted by atomic mass is 79.9. The average molecular weight is 479 g/mol. The van der Waals surface area contributed by atoms with Crippen molar-refractivity contribution in [2.24, 2.45) is 0 Å². The van der Waals surface area contributed by atoms with E-state index in [1.54, 1.807) is 18.3 Å². The largest absolute Gasteiger partial charge is 1.00 e. The third-order valence-electron chi connectivity index (χ3n) is 5.65. The molecule has 2 aromatic rings. The summed E-state index contributed by atoms with van der Waals surface area (Å²) in [5, 5.41) is 22.5. The van der Waals surface area contributed by atoms with Gasteiger partial charge >= 0.3 is 5.95 Å². The van der Waals surface area contributed by atoms with Crippen LogP contribution in [0.1, 0.15) is 63.9 Å². The van der Waals surface area contributed by atoms with Gasteiger partial charge in [-0.15, -0.1) is 0 Å². The highest BCUT2D eigenvalue weighted by Crippen LogP contribution is 2.34. The fourth-order valence-corrected chi connectivity index (χ4v) is 4.02. The summed E-state index contributed by atoms with van der Waals surface area (Å²) in [6.07, 6.45) is 13.4. The van der Waals surface area contributed by atoms with E-state index in [4.69, 9.17) is 0 Å². The van der Waals surface area contributed by atoms with Crippen LogP contribution < -0.4 is 26.4 Å². The van der Waals surface area contributed by atoms with Crippen molar-refractivity contribution < 1.29 is 31.6 Å². The maximum Gasteiger partial charge on any atom is 0.396 e. The lowest BCUT2D eigenvalue weighted by atomic mass is 10.0. The zero-order valence-electron chi connectivity index (χ0n) is 17.5. The van der Waals surface area contributed by atoms with Crippen molar-refractivity contribution in [3.63, 3.8) is 0 Å². The molecule has 164 valence electrons. The lowest BCUT2D eigenvalue weighted by Crippen LogP contribution is -3.00. The Morgan fingerprint density at radius 1 is 1.13 bits per heavy atom. The summed E-state index contributed by atoms with van der Waals surface area (Å²) < 4.78 is 1.94. The summed E-state index contributed by atoms with van der Waals surface area (Å²) >= 11 is 0. The normalized spacial score (nSPS) is 17.5. The van der Waals surface area contributed by atoms with Gasteiger partial charge in [-0.25, -0.2) is 9.47 Å². The van der Waals surface area contributed by atoms with Crippen LogP contribution in [0.2, 0.25) is 0 Å². The second kappa shape index (κ2) is 11.4. The Bertz CT molecular complexity index is 818. The second-order valence-corrected chi connectivity index (χ2v) is 7.79. The van der Waals surface area contributed by atoms with Crippen LogP contribution in [-0.2, 0) is 12.3 Å². The molecule has 0 aliphatic carbocycles. The van der Waals surface area contributed by atoms with E-state index in [2.05, 4.69) is 11.9 Å². The number of benzene rings is 1. The van der Waals surface area contributed by atoms with Crippen LogP contribution in [0.15, 0.2) is 42.7 Å². The molecule has 0 fully saturated rings. The number of hydrogen-bond donors (Lipinski definition) is 1. The first-order valence-electron chi connectivity index (χ1n) is 10.7. The lowest BCUT2D eigenvalue weighted by Gasteiger charge is -2.28. The van der Waals surface area contributed by atoms with E-state index in [1.165, 1.54) is 50.7 Å². The molecule has 30 heavy (non-hydrogen) atoms. The number of hydrogen-bond acceptors (Lipinski definition) is 5. The Labute approximate surface area is 188 Å². The number of nitro groups is 1. The quantitative estimate of drug-likeness (QED) is 0.226. The predicted octanol–water partition coefficient (Wildman–Crippen LogP) is 1.09. The minimum atomic E-state index is -1.25. The Hall–Kier alpha value is -2.06. The minimum absolute atomic E-state index is 0. The van der Waals surface area contributed by atoms with E-state index in [9.17, 15) is 15.2 Å². The van der Waals surface area contributed by atoms with E-state index in [0.717, 1.165) is 18.8 Å². The van der Waals surface area contributed by atoms with E-state index in [1.807, 2.05) is 21.7 Å². The Balaban J connectivity index is 0.00000320. The number of nitrogens with zero attached hydrogens (tertiary/aromatic N) is 4. The van der Waals surface area contributed by atoms with Crippen LogP contribution in [0.4, 0.5) is 11.6 Å². The van der Waals surface area contributed by atoms with Gasteiger partial charge in [-0.2, -0.15) is 0 Å². The van der Waals surface area contributed by atoms with Gasteiger partial charge in [0.1, 0.15) is 12.7 Å². The van der Waals surface area contributed by atoms with E-state index >= 15 is 0 Å². The molecule has 1 aromatic carbocycles. The van der Waals surface area contributed by atoms with Crippen molar-refractivity contribution in [2.45, 2.75) is 70.6 Å². The summed E-state index contributed by atoms with van der Waals surface area (Å²) in [4.78, 5) is 16.9. The molecule has 0 radical (unpaired) electrons. The van der Waals surface area contributed by atoms with Gasteiger partial charge in [0, 0.05) is 23.8 Å². The molecule has 1 N–H and O–H groups in total. The molecule has 8 heteroatoms. The van der Waals surface area contributed by atoms with Crippen molar-refractivity contribution in [2.75, 3.05) is 11.4 Å². The molecule has 1 aliphatic rings. The number of unbranched alkanes of at least 4 members (excludes halogenated alkanes) is 7. The molecular formula is C22H31BrN4O3. The number of rotatable bonds is 11. The zero-order chi connectivity index (χ0) is 20.7. The van der Waals surface area contributed by atoms with Crippen LogP contribution in [-0.4, -0.2) is 21.6 Å². The number of aromatic nitrogens is 2. The van der Waals surface area contributed by atoms with Gasteiger partial charge in [-0.05, 0) is 18.6 Å². The fraction of sp³-hybridized carbons (Fsp3) is 0.545. The number of halogens is 1. The highest BCUT2D eigenvalue weighted by Gasteiger charge is 2.51. The first kappa shape index (κ1) is 24.2. The molecule has 0 amide bonds. The number of anilines is 1. The van der Waals surface area contributed by atoms with Crippen LogP contribution in [0.3, 0.4) is 0 Å². The molecule has 1 atom stereocenters. The molecule has 0 spiro atoms. The SMILES string of the molecule is CCCCCCCCCCN1c2nccc[n+]2CC1(O)c1ccc([N+](=O)[O-])cc1.[Br-]. The smallest absolute Gasteiger partial charge is 0.396 e. The first-order valence-corrected chi connectivity index (χ1v) is 10.7. The van der Waals surface area contributed by atoms with Crippen molar-refractivity contribution in [1.29, 1.82) is 0 Å². The molecule has 1 aromatic heterocycles. The molecule has 1 unspecified atom stereocenters. The monoisotopic (exact) mass is 478 g/mol. The standard InChI is InChI=1S/C22H31N4O3.BrH/c1-2-3-4-5-6-7-8-9-17-25-21-23-15-10-16-24(21)18-22(25,27)19-11-13-20(14-12-19)26(28)29;/h10-16,27H,2-9,17-18H2,1H3;1H/q+1;/p-1. The lowest BCUT2D eigenvalue weighted by molar-refractivity contribution is -0.685. The van der Waals surface area contributed by atoms with E-state index in [0.29, 0.717) is 18.7 Å². The first-order chi connectivity index (χ1) is 14.1. The Morgan fingerprint density at radius 3 is 2.40 bits per heavy atom. The summed E-state index contributed by atoms with van der Waals surface area (Å²) in [5.74, 6) is 0.733. The maximum absolute atomic E-state index is 11.6. The molecular weight excluding hydrogens is 448 g/mol.